The number of ether oxygens (including phenoxy) is 2. The van der Waals surface area contributed by atoms with Crippen LogP contribution in [0.4, 0.5) is 0 Å². The van der Waals surface area contributed by atoms with Crippen LogP contribution in [0.1, 0.15) is 38.2 Å². The van der Waals surface area contributed by atoms with E-state index in [1.165, 1.54) is 25.7 Å². The van der Waals surface area contributed by atoms with Gasteiger partial charge in [-0.15, -0.1) is 0 Å². The van der Waals surface area contributed by atoms with Crippen LogP contribution >= 0.6 is 11.8 Å². The van der Waals surface area contributed by atoms with Crippen molar-refractivity contribution in [2.45, 2.75) is 43.9 Å². The molecular weight excluding hydrogens is 282 g/mol. The van der Waals surface area contributed by atoms with E-state index in [4.69, 9.17) is 9.47 Å². The lowest BCUT2D eigenvalue weighted by Crippen LogP contribution is -2.34. The van der Waals surface area contributed by atoms with Crippen LogP contribution in [-0.2, 0) is 6.54 Å². The quantitative estimate of drug-likeness (QED) is 0.790. The number of benzene rings is 1. The minimum Gasteiger partial charge on any atom is -0.493 e. The zero-order valence-electron chi connectivity index (χ0n) is 13.4. The number of methoxy groups -OCH3 is 1. The summed E-state index contributed by atoms with van der Waals surface area (Å²) in [6.45, 7) is 4.54. The van der Waals surface area contributed by atoms with Crippen molar-refractivity contribution in [1.82, 2.24) is 5.32 Å². The fourth-order valence-electron chi connectivity index (χ4n) is 3.10. The van der Waals surface area contributed by atoms with E-state index in [0.717, 1.165) is 30.2 Å². The maximum Gasteiger partial charge on any atom is 0.165 e. The summed E-state index contributed by atoms with van der Waals surface area (Å²) >= 11 is 2.02. The monoisotopic (exact) mass is 309 g/mol. The highest BCUT2D eigenvalue weighted by molar-refractivity contribution is 8.00. The molecule has 0 aliphatic heterocycles. The highest BCUT2D eigenvalue weighted by Crippen LogP contribution is 2.39. The van der Waals surface area contributed by atoms with E-state index in [-0.39, 0.29) is 0 Å². The Kier molecular flexibility index (Phi) is 6.24. The van der Waals surface area contributed by atoms with Crippen LogP contribution in [0.2, 0.25) is 0 Å². The van der Waals surface area contributed by atoms with E-state index in [1.54, 1.807) is 7.11 Å². The van der Waals surface area contributed by atoms with E-state index in [9.17, 15) is 0 Å². The Bertz CT molecular complexity index is 444. The molecule has 4 heteroatoms. The number of rotatable bonds is 8. The summed E-state index contributed by atoms with van der Waals surface area (Å²) < 4.78 is 11.6. The average Bonchev–Trinajstić information content (AvgIpc) is 2.97. The van der Waals surface area contributed by atoms with Gasteiger partial charge in [-0.1, -0.05) is 25.0 Å². The second-order valence-electron chi connectivity index (χ2n) is 5.58. The van der Waals surface area contributed by atoms with Crippen molar-refractivity contribution < 1.29 is 9.47 Å². The molecule has 0 saturated heterocycles. The average molecular weight is 309 g/mol. The molecule has 2 rings (SSSR count). The normalized spacial score (nSPS) is 16.9. The fraction of sp³-hybridized carbons (Fsp3) is 0.647. The van der Waals surface area contributed by atoms with E-state index in [0.29, 0.717) is 11.4 Å². The fourth-order valence-corrected chi connectivity index (χ4v) is 4.04. The summed E-state index contributed by atoms with van der Waals surface area (Å²) in [5.41, 5.74) is 1.16. The molecule has 0 spiro atoms. The molecule has 0 aromatic heterocycles. The predicted molar refractivity (Wildman–Crippen MR) is 90.6 cm³/mol. The van der Waals surface area contributed by atoms with Crippen molar-refractivity contribution in [2.75, 3.05) is 26.5 Å². The van der Waals surface area contributed by atoms with Crippen LogP contribution in [0, 0.1) is 0 Å². The summed E-state index contributed by atoms with van der Waals surface area (Å²) in [7, 11) is 1.71. The molecule has 0 bridgehead atoms. The van der Waals surface area contributed by atoms with E-state index < -0.39 is 0 Å². The van der Waals surface area contributed by atoms with Gasteiger partial charge in [0, 0.05) is 23.4 Å². The summed E-state index contributed by atoms with van der Waals surface area (Å²) in [6, 6.07) is 6.10. The zero-order chi connectivity index (χ0) is 15.1. The van der Waals surface area contributed by atoms with Crippen LogP contribution in [0.15, 0.2) is 18.2 Å². The first kappa shape index (κ1) is 16.5. The van der Waals surface area contributed by atoms with Gasteiger partial charge in [0.2, 0.25) is 0 Å². The number of nitrogens with one attached hydrogen (secondary N) is 1. The molecule has 1 saturated carbocycles. The van der Waals surface area contributed by atoms with Crippen molar-refractivity contribution in [1.29, 1.82) is 0 Å². The third-order valence-electron chi connectivity index (χ3n) is 4.27. The molecule has 1 N–H and O–H groups in total. The first-order valence-electron chi connectivity index (χ1n) is 7.79. The van der Waals surface area contributed by atoms with Gasteiger partial charge in [0.15, 0.2) is 11.5 Å². The van der Waals surface area contributed by atoms with E-state index >= 15 is 0 Å². The number of thioether (sulfide) groups is 1. The van der Waals surface area contributed by atoms with Gasteiger partial charge in [0.1, 0.15) is 0 Å². The highest BCUT2D eigenvalue weighted by atomic mass is 32.2. The van der Waals surface area contributed by atoms with Crippen molar-refractivity contribution in [2.24, 2.45) is 0 Å². The van der Waals surface area contributed by atoms with Crippen LogP contribution in [0.3, 0.4) is 0 Å². The Morgan fingerprint density at radius 2 is 2.05 bits per heavy atom. The summed E-state index contributed by atoms with van der Waals surface area (Å²) in [5, 5.41) is 3.62. The molecule has 0 amide bonds. The second kappa shape index (κ2) is 7.95. The molecule has 0 radical (unpaired) electrons. The molecule has 21 heavy (non-hydrogen) atoms. The Labute approximate surface area is 132 Å². The molecule has 0 unspecified atom stereocenters. The van der Waals surface area contributed by atoms with Crippen LogP contribution in [0.5, 0.6) is 11.5 Å². The number of hydrogen-bond acceptors (Lipinski definition) is 4. The summed E-state index contributed by atoms with van der Waals surface area (Å²) in [4.78, 5) is 0. The Balaban J connectivity index is 1.98. The lowest BCUT2D eigenvalue weighted by Gasteiger charge is -2.27. The Morgan fingerprint density at radius 3 is 2.67 bits per heavy atom. The lowest BCUT2D eigenvalue weighted by atomic mass is 10.1. The van der Waals surface area contributed by atoms with Gasteiger partial charge < -0.3 is 14.8 Å². The molecule has 1 aromatic rings. The van der Waals surface area contributed by atoms with Gasteiger partial charge in [0.25, 0.3) is 0 Å². The predicted octanol–water partition coefficient (Wildman–Crippen LogP) is 3.86. The first-order valence-corrected chi connectivity index (χ1v) is 9.01. The Hall–Kier alpha value is -0.870. The highest BCUT2D eigenvalue weighted by Gasteiger charge is 2.32. The van der Waals surface area contributed by atoms with E-state index in [1.807, 2.05) is 30.8 Å². The van der Waals surface area contributed by atoms with Crippen LogP contribution in [0.25, 0.3) is 0 Å². The minimum absolute atomic E-state index is 0.435. The van der Waals surface area contributed by atoms with Crippen molar-refractivity contribution >= 4 is 11.8 Å². The molecule has 118 valence electrons. The van der Waals surface area contributed by atoms with Crippen molar-refractivity contribution in [3.05, 3.63) is 23.8 Å². The zero-order valence-corrected chi connectivity index (χ0v) is 14.2. The maximum absolute atomic E-state index is 5.63. The SMILES string of the molecule is CCOc1cccc(CNCC2(SC)CCCC2)c1OC. The van der Waals surface area contributed by atoms with Gasteiger partial charge in [-0.05, 0) is 32.1 Å². The van der Waals surface area contributed by atoms with Gasteiger partial charge >= 0.3 is 0 Å². The number of hydrogen-bond donors (Lipinski definition) is 1. The van der Waals surface area contributed by atoms with Gasteiger partial charge in [0.05, 0.1) is 13.7 Å². The topological polar surface area (TPSA) is 30.5 Å². The van der Waals surface area contributed by atoms with Crippen LogP contribution < -0.4 is 14.8 Å². The van der Waals surface area contributed by atoms with Crippen molar-refractivity contribution in [3.63, 3.8) is 0 Å². The third kappa shape index (κ3) is 4.07. The van der Waals surface area contributed by atoms with E-state index in [2.05, 4.69) is 17.6 Å². The first-order chi connectivity index (χ1) is 10.2. The second-order valence-corrected chi connectivity index (χ2v) is 6.85. The molecule has 1 aromatic carbocycles. The van der Waals surface area contributed by atoms with Gasteiger partial charge in [-0.2, -0.15) is 11.8 Å². The third-order valence-corrected chi connectivity index (χ3v) is 5.69. The van der Waals surface area contributed by atoms with Crippen LogP contribution in [-0.4, -0.2) is 31.3 Å². The van der Waals surface area contributed by atoms with Gasteiger partial charge in [-0.3, -0.25) is 0 Å². The summed E-state index contributed by atoms with van der Waals surface area (Å²) in [5.74, 6) is 1.69. The number of para-hydroxylation sites is 1. The smallest absolute Gasteiger partial charge is 0.165 e. The molecule has 1 aliphatic rings. The minimum atomic E-state index is 0.435. The lowest BCUT2D eigenvalue weighted by molar-refractivity contribution is 0.308. The van der Waals surface area contributed by atoms with Crippen molar-refractivity contribution in [3.8, 4) is 11.5 Å². The maximum atomic E-state index is 5.63. The standard InChI is InChI=1S/C17H27NO2S/c1-4-20-15-9-7-8-14(16(15)19-2)12-18-13-17(21-3)10-5-6-11-17/h7-9,18H,4-6,10-13H2,1-3H3. The molecular formula is C17H27NO2S. The molecule has 1 aliphatic carbocycles. The summed E-state index contributed by atoms with van der Waals surface area (Å²) in [6.07, 6.45) is 7.63. The molecule has 3 nitrogen and oxygen atoms in total. The molecule has 0 heterocycles. The molecule has 1 fully saturated rings. The molecule has 0 atom stereocenters. The van der Waals surface area contributed by atoms with Gasteiger partial charge in [-0.25, -0.2) is 0 Å². The largest absolute Gasteiger partial charge is 0.493 e. The Morgan fingerprint density at radius 1 is 1.29 bits per heavy atom.